The summed E-state index contributed by atoms with van der Waals surface area (Å²) in [5.41, 5.74) is 5.12. The second kappa shape index (κ2) is 4.14. The van der Waals surface area contributed by atoms with Crippen LogP contribution < -0.4 is 5.73 Å². The fraction of sp³-hybridized carbons (Fsp3) is 0.286. The zero-order valence-corrected chi connectivity index (χ0v) is 8.62. The maximum Gasteiger partial charge on any atom is 0.265 e. The highest BCUT2D eigenvalue weighted by Gasteiger charge is 2.18. The lowest BCUT2D eigenvalue weighted by atomic mass is 10.1. The molecular formula is C7H7F2IN2O. The molecule has 0 atom stereocenters. The van der Waals surface area contributed by atoms with Gasteiger partial charge >= 0.3 is 0 Å². The van der Waals surface area contributed by atoms with Crippen LogP contribution in [-0.2, 0) is 6.61 Å². The van der Waals surface area contributed by atoms with Gasteiger partial charge in [0, 0.05) is 20.9 Å². The van der Waals surface area contributed by atoms with Crippen LogP contribution >= 0.6 is 22.6 Å². The summed E-state index contributed by atoms with van der Waals surface area (Å²) >= 11 is 1.73. The molecule has 0 bridgehead atoms. The van der Waals surface area contributed by atoms with E-state index in [2.05, 4.69) is 4.98 Å². The van der Waals surface area contributed by atoms with Crippen LogP contribution in [0.5, 0.6) is 0 Å². The number of nitrogens with two attached hydrogens (primary N) is 1. The van der Waals surface area contributed by atoms with E-state index in [1.54, 1.807) is 22.6 Å². The molecule has 0 saturated heterocycles. The molecule has 0 saturated carbocycles. The first-order valence-corrected chi connectivity index (χ1v) is 4.47. The van der Waals surface area contributed by atoms with E-state index in [4.69, 9.17) is 10.8 Å². The Morgan fingerprint density at radius 2 is 2.23 bits per heavy atom. The Hall–Kier alpha value is -0.500. The molecule has 3 N–H and O–H groups in total. The molecule has 0 unspecified atom stereocenters. The Labute approximate surface area is 87.1 Å². The first kappa shape index (κ1) is 10.6. The SMILES string of the molecule is Nc1ncc(I)c(C(F)F)c1CO. The summed E-state index contributed by atoms with van der Waals surface area (Å²) in [4.78, 5) is 3.67. The summed E-state index contributed by atoms with van der Waals surface area (Å²) in [6, 6.07) is 0. The van der Waals surface area contributed by atoms with Crippen LogP contribution in [0.2, 0.25) is 0 Å². The average Bonchev–Trinajstić information content (AvgIpc) is 2.07. The molecule has 1 heterocycles. The minimum Gasteiger partial charge on any atom is -0.392 e. The Morgan fingerprint density at radius 3 is 2.62 bits per heavy atom. The van der Waals surface area contributed by atoms with E-state index in [0.29, 0.717) is 3.57 Å². The maximum absolute atomic E-state index is 12.5. The van der Waals surface area contributed by atoms with Crippen LogP contribution in [0.25, 0.3) is 0 Å². The first-order valence-electron chi connectivity index (χ1n) is 3.39. The van der Waals surface area contributed by atoms with Gasteiger partial charge in [0.05, 0.1) is 6.61 Å². The summed E-state index contributed by atoms with van der Waals surface area (Å²) < 4.78 is 25.2. The van der Waals surface area contributed by atoms with Gasteiger partial charge in [0.1, 0.15) is 5.82 Å². The lowest BCUT2D eigenvalue weighted by Crippen LogP contribution is -2.05. The third kappa shape index (κ3) is 2.05. The summed E-state index contributed by atoms with van der Waals surface area (Å²) in [6.45, 7) is -0.519. The summed E-state index contributed by atoms with van der Waals surface area (Å²) in [7, 11) is 0. The maximum atomic E-state index is 12.5. The number of anilines is 1. The van der Waals surface area contributed by atoms with E-state index in [0.717, 1.165) is 0 Å². The largest absolute Gasteiger partial charge is 0.392 e. The summed E-state index contributed by atoms with van der Waals surface area (Å²) in [5, 5.41) is 8.82. The molecule has 1 aromatic rings. The van der Waals surface area contributed by atoms with Crippen LogP contribution in [0.4, 0.5) is 14.6 Å². The van der Waals surface area contributed by atoms with Crippen molar-refractivity contribution in [1.29, 1.82) is 0 Å². The fourth-order valence-electron chi connectivity index (χ4n) is 0.958. The van der Waals surface area contributed by atoms with Gasteiger partial charge in [0.15, 0.2) is 0 Å². The van der Waals surface area contributed by atoms with Crippen molar-refractivity contribution in [2.24, 2.45) is 0 Å². The Morgan fingerprint density at radius 1 is 1.62 bits per heavy atom. The molecule has 72 valence electrons. The van der Waals surface area contributed by atoms with Gasteiger partial charge in [-0.1, -0.05) is 0 Å². The fourth-order valence-corrected chi connectivity index (χ4v) is 1.66. The topological polar surface area (TPSA) is 59.1 Å². The molecule has 0 aromatic carbocycles. The van der Waals surface area contributed by atoms with Crippen molar-refractivity contribution in [2.75, 3.05) is 5.73 Å². The van der Waals surface area contributed by atoms with Gasteiger partial charge in [0.2, 0.25) is 0 Å². The zero-order valence-electron chi connectivity index (χ0n) is 6.47. The summed E-state index contributed by atoms with van der Waals surface area (Å²) in [5.74, 6) is -0.0433. The number of nitrogens with zero attached hydrogens (tertiary/aromatic N) is 1. The number of aliphatic hydroxyl groups excluding tert-OH is 1. The quantitative estimate of drug-likeness (QED) is 0.817. The molecule has 0 aliphatic heterocycles. The van der Waals surface area contributed by atoms with E-state index in [1.807, 2.05) is 0 Å². The molecule has 0 amide bonds. The van der Waals surface area contributed by atoms with E-state index in [9.17, 15) is 8.78 Å². The molecule has 1 rings (SSSR count). The molecule has 0 fully saturated rings. The van der Waals surface area contributed by atoms with Crippen molar-refractivity contribution < 1.29 is 13.9 Å². The first-order chi connectivity index (χ1) is 6.07. The smallest absolute Gasteiger partial charge is 0.265 e. The van der Waals surface area contributed by atoms with Crippen molar-refractivity contribution >= 4 is 28.4 Å². The molecule has 1 aromatic heterocycles. The number of halogens is 3. The van der Waals surface area contributed by atoms with E-state index in [1.165, 1.54) is 6.20 Å². The molecule has 0 radical (unpaired) electrons. The van der Waals surface area contributed by atoms with Gasteiger partial charge < -0.3 is 10.8 Å². The number of hydrogen-bond donors (Lipinski definition) is 2. The molecule has 3 nitrogen and oxygen atoms in total. The van der Waals surface area contributed by atoms with Crippen molar-refractivity contribution in [3.8, 4) is 0 Å². The minimum atomic E-state index is -2.64. The molecule has 0 aliphatic rings. The third-order valence-electron chi connectivity index (χ3n) is 1.58. The van der Waals surface area contributed by atoms with E-state index >= 15 is 0 Å². The van der Waals surface area contributed by atoms with Crippen LogP contribution in [0.1, 0.15) is 17.6 Å². The molecule has 0 aliphatic carbocycles. The Bertz CT molecular complexity index is 320. The second-order valence-electron chi connectivity index (χ2n) is 2.34. The predicted molar refractivity (Wildman–Crippen MR) is 52.2 cm³/mol. The minimum absolute atomic E-state index is 0.0156. The van der Waals surface area contributed by atoms with Gasteiger partial charge in [-0.3, -0.25) is 0 Å². The van der Waals surface area contributed by atoms with Gasteiger partial charge in [-0.2, -0.15) is 0 Å². The highest BCUT2D eigenvalue weighted by Crippen LogP contribution is 2.29. The molecule has 6 heteroatoms. The molecule has 13 heavy (non-hydrogen) atoms. The van der Waals surface area contributed by atoms with Crippen LogP contribution in [0.3, 0.4) is 0 Å². The number of nitrogen functional groups attached to an aromatic ring is 1. The van der Waals surface area contributed by atoms with Crippen molar-refractivity contribution in [3.05, 3.63) is 20.9 Å². The number of pyridine rings is 1. The van der Waals surface area contributed by atoms with Crippen LogP contribution in [0.15, 0.2) is 6.20 Å². The Balaban J connectivity index is 3.35. The number of aliphatic hydroxyl groups is 1. The monoisotopic (exact) mass is 300 g/mol. The van der Waals surface area contributed by atoms with Crippen LogP contribution in [-0.4, -0.2) is 10.1 Å². The van der Waals surface area contributed by atoms with Gasteiger partial charge in [-0.15, -0.1) is 0 Å². The standard InChI is InChI=1S/C7H7F2IN2O/c8-6(9)5-3(2-13)7(11)12-1-4(5)10/h1,6,13H,2H2,(H2,11,12). The molecule has 0 spiro atoms. The van der Waals surface area contributed by atoms with Crippen molar-refractivity contribution in [3.63, 3.8) is 0 Å². The molecular weight excluding hydrogens is 293 g/mol. The number of alkyl halides is 2. The lowest BCUT2D eigenvalue weighted by molar-refractivity contribution is 0.146. The van der Waals surface area contributed by atoms with Crippen molar-refractivity contribution in [2.45, 2.75) is 13.0 Å². The Kier molecular flexibility index (Phi) is 3.37. The van der Waals surface area contributed by atoms with E-state index in [-0.39, 0.29) is 16.9 Å². The number of hydrogen-bond acceptors (Lipinski definition) is 3. The van der Waals surface area contributed by atoms with Gasteiger partial charge in [-0.05, 0) is 22.6 Å². The third-order valence-corrected chi connectivity index (χ3v) is 2.44. The van der Waals surface area contributed by atoms with Gasteiger partial charge in [0.25, 0.3) is 6.43 Å². The number of aromatic nitrogens is 1. The number of rotatable bonds is 2. The normalized spacial score (nSPS) is 10.8. The summed E-state index contributed by atoms with van der Waals surface area (Å²) in [6.07, 6.45) is -1.38. The van der Waals surface area contributed by atoms with E-state index < -0.39 is 13.0 Å². The zero-order chi connectivity index (χ0) is 10.0. The second-order valence-corrected chi connectivity index (χ2v) is 3.50. The van der Waals surface area contributed by atoms with Crippen LogP contribution in [0, 0.1) is 3.57 Å². The average molecular weight is 300 g/mol. The highest BCUT2D eigenvalue weighted by molar-refractivity contribution is 14.1. The van der Waals surface area contributed by atoms with Gasteiger partial charge in [-0.25, -0.2) is 13.8 Å². The highest BCUT2D eigenvalue weighted by atomic mass is 127. The lowest BCUT2D eigenvalue weighted by Gasteiger charge is -2.10. The van der Waals surface area contributed by atoms with Crippen molar-refractivity contribution in [1.82, 2.24) is 4.98 Å². The predicted octanol–water partition coefficient (Wildman–Crippen LogP) is 1.70.